The molecule has 100 valence electrons. The van der Waals surface area contributed by atoms with Crippen LogP contribution in [0.5, 0.6) is 0 Å². The van der Waals surface area contributed by atoms with Crippen molar-refractivity contribution in [2.45, 2.75) is 31.2 Å². The number of carboxylic acids is 1. The molecule has 19 heavy (non-hydrogen) atoms. The fraction of sp³-hybridized carbons (Fsp3) is 0.400. The third-order valence-electron chi connectivity index (χ3n) is 3.90. The summed E-state index contributed by atoms with van der Waals surface area (Å²) in [5.41, 5.74) is 9.17. The molecule has 0 aliphatic heterocycles. The molecule has 0 saturated heterocycles. The van der Waals surface area contributed by atoms with E-state index in [4.69, 9.17) is 10.8 Å². The average molecular weight is 258 g/mol. The van der Waals surface area contributed by atoms with Crippen LogP contribution in [-0.2, 0) is 18.3 Å². The van der Waals surface area contributed by atoms with E-state index in [1.165, 1.54) is 18.4 Å². The van der Waals surface area contributed by atoms with Crippen LogP contribution in [0.25, 0.3) is 10.9 Å². The van der Waals surface area contributed by atoms with Crippen LogP contribution in [0, 0.1) is 0 Å². The Hall–Kier alpha value is -1.81. The van der Waals surface area contributed by atoms with Gasteiger partial charge in [0.15, 0.2) is 0 Å². The molecule has 1 aliphatic carbocycles. The van der Waals surface area contributed by atoms with E-state index in [2.05, 4.69) is 18.2 Å². The molecule has 3 N–H and O–H groups in total. The Bertz CT molecular complexity index is 641. The van der Waals surface area contributed by atoms with Gasteiger partial charge in [0.2, 0.25) is 0 Å². The predicted octanol–water partition coefficient (Wildman–Crippen LogP) is 2.01. The molecule has 1 aliphatic rings. The molecule has 2 aromatic rings. The summed E-state index contributed by atoms with van der Waals surface area (Å²) in [6.45, 7) is 0. The summed E-state index contributed by atoms with van der Waals surface area (Å²) < 4.78 is 2.04. The first-order valence-corrected chi connectivity index (χ1v) is 6.62. The van der Waals surface area contributed by atoms with Gasteiger partial charge in [0.1, 0.15) is 6.04 Å². The summed E-state index contributed by atoms with van der Waals surface area (Å²) in [5.74, 6) is -0.249. The molecule has 0 spiro atoms. The van der Waals surface area contributed by atoms with Crippen molar-refractivity contribution in [2.24, 2.45) is 12.8 Å². The van der Waals surface area contributed by atoms with E-state index in [9.17, 15) is 4.79 Å². The van der Waals surface area contributed by atoms with Crippen LogP contribution >= 0.6 is 0 Å². The van der Waals surface area contributed by atoms with Crippen LogP contribution in [0.3, 0.4) is 0 Å². The molecule has 1 aromatic heterocycles. The minimum Gasteiger partial charge on any atom is -0.480 e. The number of aromatic nitrogens is 1. The Kier molecular flexibility index (Phi) is 2.82. The SMILES string of the molecule is Cn1cc(CC(N)C(=O)O)c2cc(C3CC3)ccc21. The lowest BCUT2D eigenvalue weighted by Crippen LogP contribution is -2.32. The fourth-order valence-electron chi connectivity index (χ4n) is 2.65. The lowest BCUT2D eigenvalue weighted by molar-refractivity contribution is -0.138. The van der Waals surface area contributed by atoms with Crippen LogP contribution in [0.1, 0.15) is 29.9 Å². The second-order valence-electron chi connectivity index (χ2n) is 5.46. The van der Waals surface area contributed by atoms with Gasteiger partial charge < -0.3 is 15.4 Å². The molecule has 1 fully saturated rings. The predicted molar refractivity (Wildman–Crippen MR) is 74.2 cm³/mol. The number of rotatable bonds is 4. The first-order chi connectivity index (χ1) is 9.06. The van der Waals surface area contributed by atoms with Crippen LogP contribution < -0.4 is 5.73 Å². The normalized spacial score (nSPS) is 16.7. The number of nitrogens with two attached hydrogens (primary N) is 1. The van der Waals surface area contributed by atoms with Crippen molar-refractivity contribution in [1.82, 2.24) is 4.57 Å². The van der Waals surface area contributed by atoms with Crippen molar-refractivity contribution in [1.29, 1.82) is 0 Å². The van der Waals surface area contributed by atoms with Crippen molar-refractivity contribution in [3.05, 3.63) is 35.5 Å². The van der Waals surface area contributed by atoms with Crippen molar-refractivity contribution in [3.63, 3.8) is 0 Å². The van der Waals surface area contributed by atoms with Crippen LogP contribution in [-0.4, -0.2) is 21.7 Å². The number of nitrogens with zero attached hydrogens (tertiary/aromatic N) is 1. The minimum absolute atomic E-state index is 0.376. The number of carboxylic acid groups (broad SMARTS) is 1. The smallest absolute Gasteiger partial charge is 0.320 e. The zero-order valence-electron chi connectivity index (χ0n) is 11.0. The number of fused-ring (bicyclic) bond motifs is 1. The number of benzene rings is 1. The van der Waals surface area contributed by atoms with Gasteiger partial charge in [-0.1, -0.05) is 6.07 Å². The molecule has 0 bridgehead atoms. The van der Waals surface area contributed by atoms with Crippen molar-refractivity contribution in [3.8, 4) is 0 Å². The molecular weight excluding hydrogens is 240 g/mol. The Morgan fingerprint density at radius 2 is 2.26 bits per heavy atom. The Labute approximate surface area is 111 Å². The van der Waals surface area contributed by atoms with E-state index < -0.39 is 12.0 Å². The van der Waals surface area contributed by atoms with E-state index in [-0.39, 0.29) is 0 Å². The molecular formula is C15H18N2O2. The zero-order chi connectivity index (χ0) is 13.6. The van der Waals surface area contributed by atoms with E-state index in [0.717, 1.165) is 16.5 Å². The zero-order valence-corrected chi connectivity index (χ0v) is 11.0. The number of carbonyl (C=O) groups is 1. The highest BCUT2D eigenvalue weighted by Crippen LogP contribution is 2.41. The van der Waals surface area contributed by atoms with Crippen LogP contribution in [0.4, 0.5) is 0 Å². The highest BCUT2D eigenvalue weighted by atomic mass is 16.4. The summed E-state index contributed by atoms with van der Waals surface area (Å²) in [6, 6.07) is 5.67. The average Bonchev–Trinajstić information content (AvgIpc) is 3.17. The van der Waals surface area contributed by atoms with E-state index in [1.807, 2.05) is 17.8 Å². The maximum absolute atomic E-state index is 10.9. The lowest BCUT2D eigenvalue weighted by atomic mass is 10.0. The van der Waals surface area contributed by atoms with E-state index >= 15 is 0 Å². The van der Waals surface area contributed by atoms with Gasteiger partial charge in [-0.2, -0.15) is 0 Å². The molecule has 1 saturated carbocycles. The molecule has 1 unspecified atom stereocenters. The maximum Gasteiger partial charge on any atom is 0.320 e. The van der Waals surface area contributed by atoms with E-state index in [0.29, 0.717) is 12.3 Å². The van der Waals surface area contributed by atoms with Gasteiger partial charge in [0, 0.05) is 30.6 Å². The van der Waals surface area contributed by atoms with Crippen molar-refractivity contribution < 1.29 is 9.90 Å². The molecule has 1 heterocycles. The number of aliphatic carboxylic acids is 1. The number of hydrogen-bond donors (Lipinski definition) is 2. The third-order valence-corrected chi connectivity index (χ3v) is 3.90. The van der Waals surface area contributed by atoms with Gasteiger partial charge in [0.05, 0.1) is 0 Å². The highest BCUT2D eigenvalue weighted by molar-refractivity contribution is 5.86. The Morgan fingerprint density at radius 3 is 2.89 bits per heavy atom. The first-order valence-electron chi connectivity index (χ1n) is 6.62. The third kappa shape index (κ3) is 2.24. The first kappa shape index (κ1) is 12.2. The largest absolute Gasteiger partial charge is 0.480 e. The topological polar surface area (TPSA) is 68.2 Å². The highest BCUT2D eigenvalue weighted by Gasteiger charge is 2.24. The van der Waals surface area contributed by atoms with Crippen molar-refractivity contribution in [2.75, 3.05) is 0 Å². The summed E-state index contributed by atoms with van der Waals surface area (Å²) in [6.07, 6.45) is 4.90. The summed E-state index contributed by atoms with van der Waals surface area (Å²) in [5, 5.41) is 10.1. The molecule has 1 atom stereocenters. The van der Waals surface area contributed by atoms with Gasteiger partial charge in [-0.05, 0) is 42.0 Å². The number of hydrogen-bond acceptors (Lipinski definition) is 2. The summed E-state index contributed by atoms with van der Waals surface area (Å²) in [7, 11) is 1.98. The molecule has 4 nitrogen and oxygen atoms in total. The van der Waals surface area contributed by atoms with E-state index in [1.54, 1.807) is 0 Å². The number of aryl methyl sites for hydroxylation is 1. The Balaban J connectivity index is 2.02. The van der Waals surface area contributed by atoms with Gasteiger partial charge in [-0.15, -0.1) is 0 Å². The second kappa shape index (κ2) is 4.38. The quantitative estimate of drug-likeness (QED) is 0.881. The van der Waals surface area contributed by atoms with Gasteiger partial charge in [0.25, 0.3) is 0 Å². The molecule has 3 rings (SSSR count). The Morgan fingerprint density at radius 1 is 1.53 bits per heavy atom. The van der Waals surface area contributed by atoms with Gasteiger partial charge in [-0.3, -0.25) is 4.79 Å². The maximum atomic E-state index is 10.9. The second-order valence-corrected chi connectivity index (χ2v) is 5.46. The van der Waals surface area contributed by atoms with Crippen LogP contribution in [0.15, 0.2) is 24.4 Å². The molecule has 4 heteroatoms. The summed E-state index contributed by atoms with van der Waals surface area (Å²) in [4.78, 5) is 10.9. The van der Waals surface area contributed by atoms with Crippen LogP contribution in [0.2, 0.25) is 0 Å². The molecule has 0 radical (unpaired) electrons. The fourth-order valence-corrected chi connectivity index (χ4v) is 2.65. The lowest BCUT2D eigenvalue weighted by Gasteiger charge is -2.05. The van der Waals surface area contributed by atoms with Crippen molar-refractivity contribution >= 4 is 16.9 Å². The summed E-state index contributed by atoms with van der Waals surface area (Å²) >= 11 is 0. The standard InChI is InChI=1S/C15H18N2O2/c1-17-8-11(7-13(16)15(18)19)12-6-10(9-2-3-9)4-5-14(12)17/h4-6,8-9,13H,2-3,7,16H2,1H3,(H,18,19). The van der Waals surface area contributed by atoms with Gasteiger partial charge >= 0.3 is 5.97 Å². The molecule has 0 amide bonds. The monoisotopic (exact) mass is 258 g/mol. The minimum atomic E-state index is -0.949. The van der Waals surface area contributed by atoms with Gasteiger partial charge in [-0.25, -0.2) is 0 Å². The molecule has 1 aromatic carbocycles.